The lowest BCUT2D eigenvalue weighted by atomic mass is 10.0. The van der Waals surface area contributed by atoms with Gasteiger partial charge in [0.25, 0.3) is 11.8 Å². The lowest BCUT2D eigenvalue weighted by Gasteiger charge is -2.32. The monoisotopic (exact) mass is 540 g/mol. The molecule has 210 valence electrons. The normalized spacial score (nSPS) is 10.8. The highest BCUT2D eigenvalue weighted by molar-refractivity contribution is 6.00. The van der Waals surface area contributed by atoms with E-state index in [9.17, 15) is 22.8 Å². The van der Waals surface area contributed by atoms with Gasteiger partial charge in [-0.25, -0.2) is 13.8 Å². The van der Waals surface area contributed by atoms with Gasteiger partial charge in [-0.1, -0.05) is 39.5 Å². The third-order valence-electron chi connectivity index (χ3n) is 6.07. The molecular formula is C27H35F3N2O6. The summed E-state index contributed by atoms with van der Waals surface area (Å²) in [6.07, 6.45) is 3.94. The van der Waals surface area contributed by atoms with E-state index >= 15 is 0 Å². The quantitative estimate of drug-likeness (QED) is 0.260. The summed E-state index contributed by atoms with van der Waals surface area (Å²) in [6.45, 7) is 3.93. The van der Waals surface area contributed by atoms with E-state index in [1.54, 1.807) is 0 Å². The first-order valence-electron chi connectivity index (χ1n) is 12.3. The minimum absolute atomic E-state index is 0.0506. The number of hydrogen-bond donors (Lipinski definition) is 1. The van der Waals surface area contributed by atoms with Crippen molar-refractivity contribution in [3.8, 4) is 23.0 Å². The van der Waals surface area contributed by atoms with Crippen molar-refractivity contribution in [2.45, 2.75) is 58.4 Å². The Morgan fingerprint density at radius 2 is 1.34 bits per heavy atom. The highest BCUT2D eigenvalue weighted by Gasteiger charge is 2.32. The number of carbonyl (C=O) groups excluding carboxylic acids is 2. The predicted molar refractivity (Wildman–Crippen MR) is 135 cm³/mol. The Balaban J connectivity index is 2.59. The molecule has 1 N–H and O–H groups in total. The summed E-state index contributed by atoms with van der Waals surface area (Å²) >= 11 is 0. The zero-order chi connectivity index (χ0) is 28.4. The number of halogens is 3. The molecule has 2 aromatic rings. The topological polar surface area (TPSA) is 86.3 Å². The van der Waals surface area contributed by atoms with Crippen LogP contribution in [0.4, 0.5) is 13.2 Å². The molecule has 2 rings (SSSR count). The number of carbonyl (C=O) groups is 2. The molecule has 0 saturated heterocycles. The van der Waals surface area contributed by atoms with E-state index in [2.05, 4.69) is 10.2 Å². The number of ether oxygens (including phenoxy) is 4. The van der Waals surface area contributed by atoms with Gasteiger partial charge in [-0.2, -0.15) is 4.39 Å². The fraction of sp³-hybridized carbons (Fsp3) is 0.481. The van der Waals surface area contributed by atoms with E-state index in [-0.39, 0.29) is 22.8 Å². The van der Waals surface area contributed by atoms with Gasteiger partial charge in [0, 0.05) is 5.56 Å². The first kappa shape index (κ1) is 30.6. The first-order chi connectivity index (χ1) is 18.2. The number of benzene rings is 2. The number of methoxy groups -OCH3 is 4. The van der Waals surface area contributed by atoms with Crippen LogP contribution in [0.1, 0.15) is 73.1 Å². The number of hydrazine groups is 1. The Morgan fingerprint density at radius 1 is 0.816 bits per heavy atom. The third kappa shape index (κ3) is 6.81. The second-order valence-corrected chi connectivity index (χ2v) is 8.54. The summed E-state index contributed by atoms with van der Waals surface area (Å²) in [5.41, 5.74) is 1.71. The van der Waals surface area contributed by atoms with Gasteiger partial charge in [0.05, 0.1) is 40.0 Å². The van der Waals surface area contributed by atoms with Crippen LogP contribution < -0.4 is 24.4 Å². The minimum atomic E-state index is -1.63. The average molecular weight is 541 g/mol. The fourth-order valence-electron chi connectivity index (χ4n) is 4.03. The largest absolute Gasteiger partial charge is 0.493 e. The SMILES string of the molecule is CCCCC(CCCC)N(NC(=O)c1cc(OC)c(OC)c(OC)c1)C(=O)c1cc(F)c(OC)c(F)c1F. The second-order valence-electron chi connectivity index (χ2n) is 8.54. The Labute approximate surface area is 221 Å². The molecule has 11 heteroatoms. The summed E-state index contributed by atoms with van der Waals surface area (Å²) in [5.74, 6) is -6.58. The van der Waals surface area contributed by atoms with Crippen LogP contribution in [0.5, 0.6) is 23.0 Å². The Hall–Kier alpha value is -3.63. The van der Waals surface area contributed by atoms with E-state index in [1.165, 1.54) is 33.5 Å². The molecule has 0 unspecified atom stereocenters. The molecule has 0 saturated carbocycles. The van der Waals surface area contributed by atoms with Crippen molar-refractivity contribution in [1.82, 2.24) is 10.4 Å². The highest BCUT2D eigenvalue weighted by Crippen LogP contribution is 2.38. The summed E-state index contributed by atoms with van der Waals surface area (Å²) in [6, 6.07) is 2.77. The number of unbranched alkanes of at least 4 members (excludes halogenated alkanes) is 2. The summed E-state index contributed by atoms with van der Waals surface area (Å²) in [4.78, 5) is 27.0. The van der Waals surface area contributed by atoms with Crippen molar-refractivity contribution in [2.75, 3.05) is 28.4 Å². The van der Waals surface area contributed by atoms with E-state index in [4.69, 9.17) is 14.2 Å². The molecular weight excluding hydrogens is 505 g/mol. The van der Waals surface area contributed by atoms with Crippen LogP contribution in [-0.4, -0.2) is 51.3 Å². The van der Waals surface area contributed by atoms with Gasteiger partial charge in [-0.05, 0) is 31.0 Å². The third-order valence-corrected chi connectivity index (χ3v) is 6.07. The molecule has 0 atom stereocenters. The van der Waals surface area contributed by atoms with Crippen molar-refractivity contribution in [2.24, 2.45) is 0 Å². The molecule has 0 heterocycles. The number of nitrogens with one attached hydrogen (secondary N) is 1. The van der Waals surface area contributed by atoms with Crippen molar-refractivity contribution in [3.05, 3.63) is 46.8 Å². The fourth-order valence-corrected chi connectivity index (χ4v) is 4.03. The Bertz CT molecular complexity index is 1100. The first-order valence-corrected chi connectivity index (χ1v) is 12.3. The maximum Gasteiger partial charge on any atom is 0.275 e. The van der Waals surface area contributed by atoms with Crippen LogP contribution in [-0.2, 0) is 0 Å². The molecule has 0 aliphatic heterocycles. The maximum atomic E-state index is 14.9. The van der Waals surface area contributed by atoms with E-state index in [1.807, 2.05) is 13.8 Å². The highest BCUT2D eigenvalue weighted by atomic mass is 19.2. The minimum Gasteiger partial charge on any atom is -0.493 e. The molecule has 38 heavy (non-hydrogen) atoms. The standard InChI is InChI=1S/C27H35F3N2O6/c1-7-9-11-17(12-10-8-2)32(27(34)18-15-19(28)24(37-5)23(30)22(18)29)31-26(33)16-13-20(35-3)25(38-6)21(14-16)36-4/h13-15,17H,7-12H2,1-6H3,(H,31,33). The summed E-state index contributed by atoms with van der Waals surface area (Å²) < 4.78 is 64.3. The smallest absolute Gasteiger partial charge is 0.275 e. The van der Waals surface area contributed by atoms with Crippen LogP contribution >= 0.6 is 0 Å². The predicted octanol–water partition coefficient (Wildman–Crippen LogP) is 5.67. The van der Waals surface area contributed by atoms with Gasteiger partial charge in [-0.3, -0.25) is 15.0 Å². The number of amides is 2. The van der Waals surface area contributed by atoms with Crippen molar-refractivity contribution >= 4 is 11.8 Å². The van der Waals surface area contributed by atoms with Crippen LogP contribution in [0.2, 0.25) is 0 Å². The van der Waals surface area contributed by atoms with E-state index in [0.717, 1.165) is 25.0 Å². The molecule has 0 bridgehead atoms. The molecule has 0 radical (unpaired) electrons. The Kier molecular flexibility index (Phi) is 11.5. The molecule has 2 aromatic carbocycles. The average Bonchev–Trinajstić information content (AvgIpc) is 2.92. The van der Waals surface area contributed by atoms with Crippen LogP contribution in [0.3, 0.4) is 0 Å². The van der Waals surface area contributed by atoms with E-state index < -0.39 is 46.6 Å². The Morgan fingerprint density at radius 3 is 1.79 bits per heavy atom. The zero-order valence-corrected chi connectivity index (χ0v) is 22.6. The second kappa shape index (κ2) is 14.3. The van der Waals surface area contributed by atoms with Crippen LogP contribution in [0, 0.1) is 17.5 Å². The number of rotatable bonds is 13. The van der Waals surface area contributed by atoms with Gasteiger partial charge in [0.1, 0.15) is 0 Å². The van der Waals surface area contributed by atoms with Crippen LogP contribution in [0.25, 0.3) is 0 Å². The summed E-state index contributed by atoms with van der Waals surface area (Å²) in [5, 5.41) is 0.959. The van der Waals surface area contributed by atoms with Crippen LogP contribution in [0.15, 0.2) is 18.2 Å². The molecule has 0 spiro atoms. The van der Waals surface area contributed by atoms with E-state index in [0.29, 0.717) is 31.7 Å². The zero-order valence-electron chi connectivity index (χ0n) is 22.6. The van der Waals surface area contributed by atoms with Crippen molar-refractivity contribution < 1.29 is 41.7 Å². The molecule has 0 aromatic heterocycles. The van der Waals surface area contributed by atoms with Gasteiger partial charge in [0.15, 0.2) is 28.9 Å². The molecule has 2 amide bonds. The molecule has 0 fully saturated rings. The van der Waals surface area contributed by atoms with Gasteiger partial charge >= 0.3 is 0 Å². The maximum absolute atomic E-state index is 14.9. The molecule has 0 aliphatic carbocycles. The van der Waals surface area contributed by atoms with Gasteiger partial charge < -0.3 is 18.9 Å². The van der Waals surface area contributed by atoms with Gasteiger partial charge in [0.2, 0.25) is 11.6 Å². The number of nitrogens with zero attached hydrogens (tertiary/aromatic N) is 1. The van der Waals surface area contributed by atoms with Crippen molar-refractivity contribution in [3.63, 3.8) is 0 Å². The lowest BCUT2D eigenvalue weighted by molar-refractivity contribution is 0.0444. The van der Waals surface area contributed by atoms with Crippen molar-refractivity contribution in [1.29, 1.82) is 0 Å². The van der Waals surface area contributed by atoms with Gasteiger partial charge in [-0.15, -0.1) is 0 Å². The molecule has 8 nitrogen and oxygen atoms in total. The lowest BCUT2D eigenvalue weighted by Crippen LogP contribution is -2.52. The summed E-state index contributed by atoms with van der Waals surface area (Å²) in [7, 11) is 5.16. The molecule has 0 aliphatic rings. The number of hydrogen-bond acceptors (Lipinski definition) is 6.